The van der Waals surface area contributed by atoms with Crippen LogP contribution in [0.5, 0.6) is 0 Å². The van der Waals surface area contributed by atoms with E-state index in [0.717, 1.165) is 22.5 Å². The molecule has 0 saturated heterocycles. The summed E-state index contributed by atoms with van der Waals surface area (Å²) in [6.07, 6.45) is 1.64. The zero-order valence-corrected chi connectivity index (χ0v) is 13.0. The third-order valence-electron chi connectivity index (χ3n) is 3.62. The van der Waals surface area contributed by atoms with E-state index >= 15 is 0 Å². The average molecular weight is 313 g/mol. The summed E-state index contributed by atoms with van der Waals surface area (Å²) in [6, 6.07) is 12.1. The first-order valence-corrected chi connectivity index (χ1v) is 7.29. The highest BCUT2D eigenvalue weighted by atomic mass is 35.5. The van der Waals surface area contributed by atoms with Crippen LogP contribution in [0.4, 0.5) is 4.39 Å². The lowest BCUT2D eigenvalue weighted by Gasteiger charge is -2.11. The predicted molar refractivity (Wildman–Crippen MR) is 87.3 cm³/mol. The van der Waals surface area contributed by atoms with E-state index in [1.54, 1.807) is 12.3 Å². The summed E-state index contributed by atoms with van der Waals surface area (Å²) >= 11 is 6.00. The molecule has 0 fully saturated rings. The van der Waals surface area contributed by atoms with E-state index in [9.17, 15) is 4.39 Å². The van der Waals surface area contributed by atoms with Crippen molar-refractivity contribution in [2.75, 3.05) is 0 Å². The SMILES string of the molecule is Cc1ccc(-c2cccnc2-c2cc(Cl)ccc2F)nc1C. The fourth-order valence-electron chi connectivity index (χ4n) is 2.29. The zero-order valence-electron chi connectivity index (χ0n) is 12.3. The van der Waals surface area contributed by atoms with Gasteiger partial charge in [0.1, 0.15) is 5.82 Å². The Hall–Kier alpha value is -2.26. The number of benzene rings is 1. The lowest BCUT2D eigenvalue weighted by atomic mass is 10.0. The van der Waals surface area contributed by atoms with Crippen molar-refractivity contribution in [1.29, 1.82) is 0 Å². The molecule has 0 amide bonds. The molecule has 0 bridgehead atoms. The second-order valence-electron chi connectivity index (χ2n) is 5.12. The maximum atomic E-state index is 14.2. The summed E-state index contributed by atoms with van der Waals surface area (Å²) < 4.78 is 14.2. The normalized spacial score (nSPS) is 10.7. The number of aryl methyl sites for hydroxylation is 2. The Balaban J connectivity index is 2.22. The molecule has 0 aliphatic rings. The van der Waals surface area contributed by atoms with Crippen molar-refractivity contribution in [3.05, 3.63) is 70.8 Å². The van der Waals surface area contributed by atoms with E-state index in [0.29, 0.717) is 16.3 Å². The van der Waals surface area contributed by atoms with Crippen molar-refractivity contribution >= 4 is 11.6 Å². The highest BCUT2D eigenvalue weighted by Crippen LogP contribution is 2.32. The predicted octanol–water partition coefficient (Wildman–Crippen LogP) is 5.22. The average Bonchev–Trinajstić information content (AvgIpc) is 2.52. The molecule has 22 heavy (non-hydrogen) atoms. The van der Waals surface area contributed by atoms with Gasteiger partial charge in [0.2, 0.25) is 0 Å². The van der Waals surface area contributed by atoms with Gasteiger partial charge < -0.3 is 0 Å². The molecule has 0 aliphatic heterocycles. The van der Waals surface area contributed by atoms with Crippen molar-refractivity contribution in [3.63, 3.8) is 0 Å². The van der Waals surface area contributed by atoms with Crippen LogP contribution in [0.3, 0.4) is 0 Å². The fourth-order valence-corrected chi connectivity index (χ4v) is 2.46. The topological polar surface area (TPSA) is 25.8 Å². The third kappa shape index (κ3) is 2.72. The molecule has 2 aromatic heterocycles. The van der Waals surface area contributed by atoms with Gasteiger partial charge >= 0.3 is 0 Å². The van der Waals surface area contributed by atoms with Gasteiger partial charge in [-0.05, 0) is 55.8 Å². The smallest absolute Gasteiger partial charge is 0.132 e. The van der Waals surface area contributed by atoms with Crippen molar-refractivity contribution in [2.45, 2.75) is 13.8 Å². The van der Waals surface area contributed by atoms with Crippen LogP contribution in [-0.2, 0) is 0 Å². The molecule has 0 unspecified atom stereocenters. The number of halogens is 2. The van der Waals surface area contributed by atoms with Gasteiger partial charge in [0.15, 0.2) is 0 Å². The van der Waals surface area contributed by atoms with Gasteiger partial charge in [0.05, 0.1) is 11.4 Å². The van der Waals surface area contributed by atoms with Crippen molar-refractivity contribution < 1.29 is 4.39 Å². The summed E-state index contributed by atoms with van der Waals surface area (Å²) in [5, 5.41) is 0.473. The van der Waals surface area contributed by atoms with E-state index in [1.165, 1.54) is 12.1 Å². The van der Waals surface area contributed by atoms with Crippen LogP contribution >= 0.6 is 11.6 Å². The molecule has 3 rings (SSSR count). The van der Waals surface area contributed by atoms with E-state index < -0.39 is 0 Å². The van der Waals surface area contributed by atoms with E-state index in [-0.39, 0.29) is 5.82 Å². The Morgan fingerprint density at radius 3 is 2.59 bits per heavy atom. The summed E-state index contributed by atoms with van der Waals surface area (Å²) in [6.45, 7) is 3.96. The summed E-state index contributed by atoms with van der Waals surface area (Å²) in [7, 11) is 0. The molecule has 0 spiro atoms. The maximum Gasteiger partial charge on any atom is 0.132 e. The number of rotatable bonds is 2. The molecule has 4 heteroatoms. The molecular weight excluding hydrogens is 299 g/mol. The van der Waals surface area contributed by atoms with Crippen LogP contribution in [0.25, 0.3) is 22.5 Å². The first-order chi connectivity index (χ1) is 10.6. The van der Waals surface area contributed by atoms with Gasteiger partial charge in [0, 0.05) is 28.0 Å². The molecule has 1 aromatic carbocycles. The van der Waals surface area contributed by atoms with Gasteiger partial charge in [-0.3, -0.25) is 9.97 Å². The number of hydrogen-bond donors (Lipinski definition) is 0. The van der Waals surface area contributed by atoms with Crippen molar-refractivity contribution in [2.24, 2.45) is 0 Å². The monoisotopic (exact) mass is 312 g/mol. The minimum Gasteiger partial charge on any atom is -0.255 e. The second-order valence-corrected chi connectivity index (χ2v) is 5.56. The summed E-state index contributed by atoms with van der Waals surface area (Å²) in [5.74, 6) is -0.354. The highest BCUT2D eigenvalue weighted by molar-refractivity contribution is 6.30. The molecule has 2 nitrogen and oxygen atoms in total. The Morgan fingerprint density at radius 1 is 1.00 bits per heavy atom. The van der Waals surface area contributed by atoms with Gasteiger partial charge in [-0.15, -0.1) is 0 Å². The van der Waals surface area contributed by atoms with Crippen LogP contribution in [0.15, 0.2) is 48.7 Å². The van der Waals surface area contributed by atoms with Crippen LogP contribution in [0, 0.1) is 19.7 Å². The summed E-state index contributed by atoms with van der Waals surface area (Å²) in [4.78, 5) is 8.93. The summed E-state index contributed by atoms with van der Waals surface area (Å²) in [5.41, 5.74) is 4.53. The van der Waals surface area contributed by atoms with E-state index in [1.807, 2.05) is 38.1 Å². The third-order valence-corrected chi connectivity index (χ3v) is 3.85. The first kappa shape index (κ1) is 14.7. The van der Waals surface area contributed by atoms with Gasteiger partial charge in [-0.25, -0.2) is 4.39 Å². The quantitative estimate of drug-likeness (QED) is 0.648. The molecule has 0 radical (unpaired) electrons. The maximum absolute atomic E-state index is 14.2. The highest BCUT2D eigenvalue weighted by Gasteiger charge is 2.14. The van der Waals surface area contributed by atoms with Gasteiger partial charge in [-0.2, -0.15) is 0 Å². The Bertz CT molecular complexity index is 846. The number of hydrogen-bond acceptors (Lipinski definition) is 2. The van der Waals surface area contributed by atoms with Crippen molar-refractivity contribution in [1.82, 2.24) is 9.97 Å². The molecule has 2 heterocycles. The molecular formula is C18H14ClFN2. The van der Waals surface area contributed by atoms with Crippen molar-refractivity contribution in [3.8, 4) is 22.5 Å². The standard InChI is InChI=1S/C18H14ClFN2/c1-11-5-8-17(22-12(11)2)14-4-3-9-21-18(14)15-10-13(19)6-7-16(15)20/h3-10H,1-2H3. The number of nitrogens with zero attached hydrogens (tertiary/aromatic N) is 2. The minimum absolute atomic E-state index is 0.354. The lowest BCUT2D eigenvalue weighted by molar-refractivity contribution is 0.631. The van der Waals surface area contributed by atoms with Crippen LogP contribution in [-0.4, -0.2) is 9.97 Å². The Morgan fingerprint density at radius 2 is 1.82 bits per heavy atom. The molecule has 0 N–H and O–H groups in total. The van der Waals surface area contributed by atoms with E-state index in [4.69, 9.17) is 11.6 Å². The van der Waals surface area contributed by atoms with Crippen LogP contribution in [0.1, 0.15) is 11.3 Å². The second kappa shape index (κ2) is 5.85. The van der Waals surface area contributed by atoms with Gasteiger partial charge in [0.25, 0.3) is 0 Å². The molecule has 0 saturated carbocycles. The minimum atomic E-state index is -0.354. The number of pyridine rings is 2. The van der Waals surface area contributed by atoms with Crippen LogP contribution in [0.2, 0.25) is 5.02 Å². The Kier molecular flexibility index (Phi) is 3.90. The number of aromatic nitrogens is 2. The zero-order chi connectivity index (χ0) is 15.7. The fraction of sp³-hybridized carbons (Fsp3) is 0.111. The Labute approximate surface area is 133 Å². The van der Waals surface area contributed by atoms with E-state index in [2.05, 4.69) is 9.97 Å². The van der Waals surface area contributed by atoms with Crippen LogP contribution < -0.4 is 0 Å². The first-order valence-electron chi connectivity index (χ1n) is 6.91. The molecule has 0 aliphatic carbocycles. The van der Waals surface area contributed by atoms with Gasteiger partial charge in [-0.1, -0.05) is 17.7 Å². The lowest BCUT2D eigenvalue weighted by Crippen LogP contribution is -1.95. The molecule has 110 valence electrons. The molecule has 0 atom stereocenters. The molecule has 3 aromatic rings. The largest absolute Gasteiger partial charge is 0.255 e.